The van der Waals surface area contributed by atoms with E-state index in [2.05, 4.69) is 26.6 Å². The maximum absolute atomic E-state index is 13.0. The first-order valence-corrected chi connectivity index (χ1v) is 6.68. The van der Waals surface area contributed by atoms with E-state index < -0.39 is 6.03 Å². The number of hydrogen-bond donors (Lipinski definition) is 3. The molecular weight excluding hydrogens is 325 g/mol. The monoisotopic (exact) mass is 337 g/mol. The summed E-state index contributed by atoms with van der Waals surface area (Å²) in [4.78, 5) is 10.7. The van der Waals surface area contributed by atoms with E-state index in [1.165, 1.54) is 12.1 Å². The molecule has 0 unspecified atom stereocenters. The number of primary amides is 1. The average Bonchev–Trinajstić information content (AvgIpc) is 2.39. The first kappa shape index (κ1) is 14.3. The summed E-state index contributed by atoms with van der Waals surface area (Å²) in [7, 11) is 0. The lowest BCUT2D eigenvalue weighted by atomic mass is 10.2. The van der Waals surface area contributed by atoms with Crippen LogP contribution in [0.5, 0.6) is 0 Å². The summed E-state index contributed by atoms with van der Waals surface area (Å²) in [6, 6.07) is 11.1. The number of carbonyl (C=O) groups is 1. The normalized spacial score (nSPS) is 10.1. The van der Waals surface area contributed by atoms with Crippen LogP contribution in [0.4, 0.5) is 20.6 Å². The van der Waals surface area contributed by atoms with Gasteiger partial charge in [0.25, 0.3) is 0 Å². The van der Waals surface area contributed by atoms with Crippen LogP contribution in [0.1, 0.15) is 5.56 Å². The molecular formula is C14H13BrFN3O. The molecule has 4 nitrogen and oxygen atoms in total. The lowest BCUT2D eigenvalue weighted by Crippen LogP contribution is -2.19. The van der Waals surface area contributed by atoms with Crippen LogP contribution in [-0.4, -0.2) is 6.03 Å². The minimum absolute atomic E-state index is 0.275. The number of benzene rings is 2. The van der Waals surface area contributed by atoms with Crippen LogP contribution in [-0.2, 0) is 6.54 Å². The zero-order valence-electron chi connectivity index (χ0n) is 10.5. The van der Waals surface area contributed by atoms with Gasteiger partial charge in [-0.1, -0.05) is 22.0 Å². The predicted octanol–water partition coefficient (Wildman–Crippen LogP) is 3.69. The van der Waals surface area contributed by atoms with Crippen molar-refractivity contribution in [3.8, 4) is 0 Å². The van der Waals surface area contributed by atoms with Gasteiger partial charge in [0.1, 0.15) is 5.82 Å². The van der Waals surface area contributed by atoms with E-state index in [4.69, 9.17) is 5.73 Å². The van der Waals surface area contributed by atoms with Gasteiger partial charge in [0, 0.05) is 22.4 Å². The molecule has 2 aromatic rings. The summed E-state index contributed by atoms with van der Waals surface area (Å²) in [6.07, 6.45) is 0. The molecule has 20 heavy (non-hydrogen) atoms. The Morgan fingerprint density at radius 3 is 2.40 bits per heavy atom. The highest BCUT2D eigenvalue weighted by molar-refractivity contribution is 9.10. The van der Waals surface area contributed by atoms with Crippen LogP contribution in [0.2, 0.25) is 0 Å². The number of nitrogens with one attached hydrogen (secondary N) is 2. The SMILES string of the molecule is NC(=O)Nc1ccc(NCc2ccc(F)cc2Br)cc1. The number of rotatable bonds is 4. The summed E-state index contributed by atoms with van der Waals surface area (Å²) < 4.78 is 13.7. The molecule has 0 saturated heterocycles. The van der Waals surface area contributed by atoms with Crippen molar-refractivity contribution in [3.63, 3.8) is 0 Å². The fraction of sp³-hybridized carbons (Fsp3) is 0.0714. The van der Waals surface area contributed by atoms with Gasteiger partial charge >= 0.3 is 6.03 Å². The first-order valence-electron chi connectivity index (χ1n) is 5.89. The molecule has 0 bridgehead atoms. The number of halogens is 2. The zero-order valence-corrected chi connectivity index (χ0v) is 12.1. The second-order valence-electron chi connectivity index (χ2n) is 4.16. The molecule has 4 N–H and O–H groups in total. The van der Waals surface area contributed by atoms with Crippen LogP contribution >= 0.6 is 15.9 Å². The van der Waals surface area contributed by atoms with Crippen molar-refractivity contribution in [2.24, 2.45) is 5.73 Å². The lowest BCUT2D eigenvalue weighted by molar-refractivity contribution is 0.259. The summed E-state index contributed by atoms with van der Waals surface area (Å²) in [5.41, 5.74) is 7.49. The molecule has 0 spiro atoms. The Hall–Kier alpha value is -2.08. The molecule has 0 aliphatic carbocycles. The van der Waals surface area contributed by atoms with Gasteiger partial charge in [0.15, 0.2) is 0 Å². The van der Waals surface area contributed by atoms with Crippen LogP contribution in [0.3, 0.4) is 0 Å². The Morgan fingerprint density at radius 2 is 1.80 bits per heavy atom. The second kappa shape index (κ2) is 6.38. The second-order valence-corrected chi connectivity index (χ2v) is 5.01. The number of amides is 2. The molecule has 0 atom stereocenters. The zero-order chi connectivity index (χ0) is 14.5. The minimum atomic E-state index is -0.596. The molecule has 0 aromatic heterocycles. The van der Waals surface area contributed by atoms with Crippen molar-refractivity contribution >= 4 is 33.3 Å². The molecule has 0 radical (unpaired) electrons. The number of hydrogen-bond acceptors (Lipinski definition) is 2. The van der Waals surface area contributed by atoms with Crippen LogP contribution in [0, 0.1) is 5.82 Å². The van der Waals surface area contributed by atoms with Gasteiger partial charge in [0.2, 0.25) is 0 Å². The summed E-state index contributed by atoms with van der Waals surface area (Å²) >= 11 is 3.32. The molecule has 0 fully saturated rings. The Morgan fingerprint density at radius 1 is 1.15 bits per heavy atom. The Labute approximate surface area is 124 Å². The van der Waals surface area contributed by atoms with Crippen molar-refractivity contribution in [2.45, 2.75) is 6.54 Å². The molecule has 0 saturated carbocycles. The summed E-state index contributed by atoms with van der Waals surface area (Å²) in [5, 5.41) is 5.69. The van der Waals surface area contributed by atoms with Gasteiger partial charge in [-0.25, -0.2) is 9.18 Å². The van der Waals surface area contributed by atoms with E-state index in [-0.39, 0.29) is 5.82 Å². The van der Waals surface area contributed by atoms with E-state index >= 15 is 0 Å². The average molecular weight is 338 g/mol. The quantitative estimate of drug-likeness (QED) is 0.796. The van der Waals surface area contributed by atoms with Gasteiger partial charge in [-0.05, 0) is 42.0 Å². The van der Waals surface area contributed by atoms with E-state index in [1.54, 1.807) is 18.2 Å². The number of nitrogens with two attached hydrogens (primary N) is 1. The molecule has 2 rings (SSSR count). The largest absolute Gasteiger partial charge is 0.381 e. The number of carbonyl (C=O) groups excluding carboxylic acids is 1. The van der Waals surface area contributed by atoms with Crippen LogP contribution in [0.25, 0.3) is 0 Å². The van der Waals surface area contributed by atoms with Crippen LogP contribution in [0.15, 0.2) is 46.9 Å². The smallest absolute Gasteiger partial charge is 0.316 e. The Kier molecular flexibility index (Phi) is 4.57. The van der Waals surface area contributed by atoms with Crippen molar-refractivity contribution < 1.29 is 9.18 Å². The van der Waals surface area contributed by atoms with Gasteiger partial charge < -0.3 is 16.4 Å². The molecule has 6 heteroatoms. The molecule has 0 aliphatic heterocycles. The van der Waals surface area contributed by atoms with Crippen molar-refractivity contribution in [1.29, 1.82) is 0 Å². The third-order valence-corrected chi connectivity index (χ3v) is 3.39. The molecule has 104 valence electrons. The fourth-order valence-corrected chi connectivity index (χ4v) is 2.17. The maximum atomic E-state index is 13.0. The fourth-order valence-electron chi connectivity index (χ4n) is 1.68. The van der Waals surface area contributed by atoms with Crippen LogP contribution < -0.4 is 16.4 Å². The maximum Gasteiger partial charge on any atom is 0.316 e. The topological polar surface area (TPSA) is 67.2 Å². The molecule has 0 aliphatic rings. The van der Waals surface area contributed by atoms with Crippen molar-refractivity contribution in [2.75, 3.05) is 10.6 Å². The number of anilines is 2. The lowest BCUT2D eigenvalue weighted by Gasteiger charge is -2.09. The Bertz CT molecular complexity index is 616. The Balaban J connectivity index is 1.98. The minimum Gasteiger partial charge on any atom is -0.381 e. The highest BCUT2D eigenvalue weighted by Gasteiger charge is 2.02. The van der Waals surface area contributed by atoms with E-state index in [9.17, 15) is 9.18 Å². The molecule has 0 heterocycles. The van der Waals surface area contributed by atoms with Gasteiger partial charge in [-0.2, -0.15) is 0 Å². The van der Waals surface area contributed by atoms with Crippen molar-refractivity contribution in [3.05, 3.63) is 58.3 Å². The van der Waals surface area contributed by atoms with Crippen molar-refractivity contribution in [1.82, 2.24) is 0 Å². The third kappa shape index (κ3) is 3.96. The highest BCUT2D eigenvalue weighted by Crippen LogP contribution is 2.20. The van der Waals surface area contributed by atoms with Gasteiger partial charge in [-0.15, -0.1) is 0 Å². The van der Waals surface area contributed by atoms with Gasteiger partial charge in [0.05, 0.1) is 0 Å². The summed E-state index contributed by atoms with van der Waals surface area (Å²) in [6.45, 7) is 0.559. The first-order chi connectivity index (χ1) is 9.54. The highest BCUT2D eigenvalue weighted by atomic mass is 79.9. The van der Waals surface area contributed by atoms with E-state index in [0.717, 1.165) is 15.7 Å². The summed E-state index contributed by atoms with van der Waals surface area (Å²) in [5.74, 6) is -0.275. The predicted molar refractivity (Wildman–Crippen MR) is 81.1 cm³/mol. The number of urea groups is 1. The van der Waals surface area contributed by atoms with E-state index in [1.807, 2.05) is 12.1 Å². The third-order valence-electron chi connectivity index (χ3n) is 2.65. The van der Waals surface area contributed by atoms with Gasteiger partial charge in [-0.3, -0.25) is 0 Å². The molecule has 2 amide bonds. The standard InChI is InChI=1S/C14H13BrFN3O/c15-13-7-10(16)2-1-9(13)8-18-11-3-5-12(6-4-11)19-14(17)20/h1-7,18H,8H2,(H3,17,19,20). The molecule has 2 aromatic carbocycles. The van der Waals surface area contributed by atoms with E-state index in [0.29, 0.717) is 12.2 Å².